The molecule has 3 rings (SSSR count). The van der Waals surface area contributed by atoms with Gasteiger partial charge in [-0.1, -0.05) is 6.07 Å². The van der Waals surface area contributed by atoms with Crippen molar-refractivity contribution < 1.29 is 4.74 Å². The molecule has 0 aliphatic heterocycles. The molecule has 1 aliphatic rings. The second-order valence-corrected chi connectivity index (χ2v) is 4.89. The van der Waals surface area contributed by atoms with Gasteiger partial charge in [0.2, 0.25) is 0 Å². The predicted molar refractivity (Wildman–Crippen MR) is 70.5 cm³/mol. The Kier molecular flexibility index (Phi) is 3.30. The van der Waals surface area contributed by atoms with E-state index >= 15 is 0 Å². The molecule has 4 nitrogen and oxygen atoms in total. The number of ether oxygens (including phenoxy) is 1. The number of pyridine rings is 1. The third kappa shape index (κ3) is 2.26. The highest BCUT2D eigenvalue weighted by Crippen LogP contribution is 2.21. The standard InChI is InChI=1S/C14H19N3O/c1-18-13-6-4-5-12(13)15-9-11-10-17-8-3-2-7-14(17)16-11/h2-3,7-8,10,12-13,15H,4-6,9H2,1H3. The number of imidazole rings is 1. The summed E-state index contributed by atoms with van der Waals surface area (Å²) in [5.41, 5.74) is 2.09. The van der Waals surface area contributed by atoms with Gasteiger partial charge >= 0.3 is 0 Å². The lowest BCUT2D eigenvalue weighted by atomic mass is 10.2. The van der Waals surface area contributed by atoms with E-state index in [1.54, 1.807) is 7.11 Å². The van der Waals surface area contributed by atoms with Crippen molar-refractivity contribution in [3.05, 3.63) is 36.3 Å². The molecular weight excluding hydrogens is 226 g/mol. The molecule has 2 aromatic rings. The van der Waals surface area contributed by atoms with E-state index in [1.165, 1.54) is 19.3 Å². The number of methoxy groups -OCH3 is 1. The van der Waals surface area contributed by atoms with Crippen LogP contribution in [-0.4, -0.2) is 28.6 Å². The predicted octanol–water partition coefficient (Wildman–Crippen LogP) is 1.99. The summed E-state index contributed by atoms with van der Waals surface area (Å²) in [5, 5.41) is 3.56. The van der Waals surface area contributed by atoms with E-state index in [2.05, 4.69) is 20.9 Å². The van der Waals surface area contributed by atoms with E-state index < -0.39 is 0 Å². The van der Waals surface area contributed by atoms with Gasteiger partial charge in [-0.25, -0.2) is 4.98 Å². The number of rotatable bonds is 4. The highest BCUT2D eigenvalue weighted by Gasteiger charge is 2.26. The molecule has 2 atom stereocenters. The van der Waals surface area contributed by atoms with Crippen LogP contribution in [0.3, 0.4) is 0 Å². The molecule has 0 radical (unpaired) electrons. The molecule has 2 unspecified atom stereocenters. The Morgan fingerprint density at radius 3 is 3.22 bits per heavy atom. The first-order chi connectivity index (χ1) is 8.86. The number of nitrogens with zero attached hydrogens (tertiary/aromatic N) is 2. The molecule has 2 aromatic heterocycles. The normalized spacial score (nSPS) is 23.8. The van der Waals surface area contributed by atoms with Crippen molar-refractivity contribution in [2.45, 2.75) is 38.0 Å². The highest BCUT2D eigenvalue weighted by molar-refractivity contribution is 5.39. The van der Waals surface area contributed by atoms with Gasteiger partial charge in [0.1, 0.15) is 5.65 Å². The maximum Gasteiger partial charge on any atom is 0.137 e. The van der Waals surface area contributed by atoms with Crippen molar-refractivity contribution in [1.29, 1.82) is 0 Å². The van der Waals surface area contributed by atoms with Crippen molar-refractivity contribution in [3.8, 4) is 0 Å². The van der Waals surface area contributed by atoms with Crippen LogP contribution in [0.2, 0.25) is 0 Å². The molecule has 0 amide bonds. The fraction of sp³-hybridized carbons (Fsp3) is 0.500. The molecule has 4 heteroatoms. The number of aromatic nitrogens is 2. The van der Waals surface area contributed by atoms with Crippen LogP contribution in [0.25, 0.3) is 5.65 Å². The molecular formula is C14H19N3O. The van der Waals surface area contributed by atoms with Crippen LogP contribution in [0.15, 0.2) is 30.6 Å². The minimum absolute atomic E-state index is 0.363. The quantitative estimate of drug-likeness (QED) is 0.895. The Labute approximate surface area is 107 Å². The van der Waals surface area contributed by atoms with Crippen molar-refractivity contribution in [2.75, 3.05) is 7.11 Å². The number of hydrogen-bond acceptors (Lipinski definition) is 3. The van der Waals surface area contributed by atoms with E-state index in [1.807, 2.05) is 24.4 Å². The Bertz CT molecular complexity index is 489. The number of hydrogen-bond donors (Lipinski definition) is 1. The molecule has 1 N–H and O–H groups in total. The fourth-order valence-corrected chi connectivity index (χ4v) is 2.75. The largest absolute Gasteiger partial charge is 0.380 e. The summed E-state index contributed by atoms with van der Waals surface area (Å²) in [6.07, 6.45) is 8.09. The molecule has 1 fully saturated rings. The van der Waals surface area contributed by atoms with E-state index in [0.717, 1.165) is 17.9 Å². The summed E-state index contributed by atoms with van der Waals surface area (Å²) in [5.74, 6) is 0. The van der Waals surface area contributed by atoms with Crippen molar-refractivity contribution in [3.63, 3.8) is 0 Å². The summed E-state index contributed by atoms with van der Waals surface area (Å²) in [7, 11) is 1.80. The molecule has 0 spiro atoms. The monoisotopic (exact) mass is 245 g/mol. The summed E-state index contributed by atoms with van der Waals surface area (Å²) in [4.78, 5) is 4.58. The zero-order valence-corrected chi connectivity index (χ0v) is 10.7. The number of nitrogens with one attached hydrogen (secondary N) is 1. The Morgan fingerprint density at radius 2 is 2.39 bits per heavy atom. The van der Waals surface area contributed by atoms with Gasteiger partial charge in [-0.2, -0.15) is 0 Å². The minimum atomic E-state index is 0.363. The average molecular weight is 245 g/mol. The van der Waals surface area contributed by atoms with Gasteiger partial charge in [0.25, 0.3) is 0 Å². The molecule has 0 saturated heterocycles. The van der Waals surface area contributed by atoms with Crippen LogP contribution in [0.1, 0.15) is 25.0 Å². The number of fused-ring (bicyclic) bond motifs is 1. The van der Waals surface area contributed by atoms with E-state index in [4.69, 9.17) is 4.74 Å². The Morgan fingerprint density at radius 1 is 1.44 bits per heavy atom. The first kappa shape index (κ1) is 11.7. The van der Waals surface area contributed by atoms with Crippen molar-refractivity contribution in [1.82, 2.24) is 14.7 Å². The molecule has 1 aliphatic carbocycles. The van der Waals surface area contributed by atoms with Crippen LogP contribution in [-0.2, 0) is 11.3 Å². The SMILES string of the molecule is COC1CCCC1NCc1cn2ccccc2n1. The third-order valence-electron chi connectivity index (χ3n) is 3.71. The Hall–Kier alpha value is -1.39. The van der Waals surface area contributed by atoms with Gasteiger partial charge in [0.05, 0.1) is 11.8 Å². The lowest BCUT2D eigenvalue weighted by molar-refractivity contribution is 0.0846. The smallest absolute Gasteiger partial charge is 0.137 e. The van der Waals surface area contributed by atoms with Gasteiger partial charge < -0.3 is 14.5 Å². The zero-order valence-electron chi connectivity index (χ0n) is 10.7. The Balaban J connectivity index is 1.66. The van der Waals surface area contributed by atoms with Crippen LogP contribution in [0.4, 0.5) is 0 Å². The van der Waals surface area contributed by atoms with Crippen molar-refractivity contribution >= 4 is 5.65 Å². The minimum Gasteiger partial charge on any atom is -0.380 e. The lowest BCUT2D eigenvalue weighted by Gasteiger charge is -2.18. The topological polar surface area (TPSA) is 38.6 Å². The maximum atomic E-state index is 5.48. The van der Waals surface area contributed by atoms with Gasteiger partial charge in [0, 0.05) is 32.1 Å². The molecule has 0 bridgehead atoms. The van der Waals surface area contributed by atoms with Gasteiger partial charge in [-0.15, -0.1) is 0 Å². The van der Waals surface area contributed by atoms with Crippen LogP contribution >= 0.6 is 0 Å². The summed E-state index contributed by atoms with van der Waals surface area (Å²) in [6, 6.07) is 6.53. The average Bonchev–Trinajstić information content (AvgIpc) is 3.01. The van der Waals surface area contributed by atoms with E-state index in [0.29, 0.717) is 12.1 Å². The van der Waals surface area contributed by atoms with E-state index in [-0.39, 0.29) is 0 Å². The van der Waals surface area contributed by atoms with Gasteiger partial charge in [-0.3, -0.25) is 0 Å². The maximum absolute atomic E-state index is 5.48. The zero-order chi connectivity index (χ0) is 12.4. The van der Waals surface area contributed by atoms with Crippen molar-refractivity contribution in [2.24, 2.45) is 0 Å². The second kappa shape index (κ2) is 5.08. The summed E-state index contributed by atoms with van der Waals surface area (Å²) in [6.45, 7) is 0.812. The summed E-state index contributed by atoms with van der Waals surface area (Å²) < 4.78 is 7.54. The summed E-state index contributed by atoms with van der Waals surface area (Å²) >= 11 is 0. The molecule has 96 valence electrons. The van der Waals surface area contributed by atoms with E-state index in [9.17, 15) is 0 Å². The molecule has 2 heterocycles. The van der Waals surface area contributed by atoms with Crippen LogP contribution in [0, 0.1) is 0 Å². The molecule has 1 saturated carbocycles. The van der Waals surface area contributed by atoms with Gasteiger partial charge in [-0.05, 0) is 31.4 Å². The van der Waals surface area contributed by atoms with Gasteiger partial charge in [0.15, 0.2) is 0 Å². The molecule has 0 aromatic carbocycles. The van der Waals surface area contributed by atoms with Crippen LogP contribution < -0.4 is 5.32 Å². The first-order valence-electron chi connectivity index (χ1n) is 6.55. The van der Waals surface area contributed by atoms with Crippen LogP contribution in [0.5, 0.6) is 0 Å². The third-order valence-corrected chi connectivity index (χ3v) is 3.71. The second-order valence-electron chi connectivity index (χ2n) is 4.89. The first-order valence-corrected chi connectivity index (χ1v) is 6.55. The lowest BCUT2D eigenvalue weighted by Crippen LogP contribution is -2.36. The fourth-order valence-electron chi connectivity index (χ4n) is 2.75. The molecule has 18 heavy (non-hydrogen) atoms. The highest BCUT2D eigenvalue weighted by atomic mass is 16.5.